The van der Waals surface area contributed by atoms with Gasteiger partial charge in [-0.15, -0.1) is 0 Å². The highest BCUT2D eigenvalue weighted by Crippen LogP contribution is 2.57. The molecule has 1 heterocycles. The van der Waals surface area contributed by atoms with Crippen LogP contribution in [0.1, 0.15) is 59.5 Å². The Bertz CT molecular complexity index is 693. The maximum atomic E-state index is 12.3. The highest BCUT2D eigenvalue weighted by atomic mass is 16.5. The van der Waals surface area contributed by atoms with Crippen molar-refractivity contribution in [2.45, 2.75) is 38.5 Å². The number of carboxylic acid groups (broad SMARTS) is 1. The molecule has 4 rings (SSSR count). The molecular formula is C17H21N3O5. The van der Waals surface area contributed by atoms with Crippen molar-refractivity contribution < 1.29 is 24.2 Å². The van der Waals surface area contributed by atoms with Crippen LogP contribution in [-0.4, -0.2) is 46.6 Å². The number of carboxylic acids is 1. The Morgan fingerprint density at radius 2 is 1.72 bits per heavy atom. The maximum Gasteiger partial charge on any atom is 0.354 e. The first kappa shape index (κ1) is 17.3. The highest BCUT2D eigenvalue weighted by molar-refractivity contribution is 5.94. The summed E-state index contributed by atoms with van der Waals surface area (Å²) in [6.45, 7) is 0.496. The molecule has 0 aliphatic heterocycles. The minimum atomic E-state index is -1.20. The van der Waals surface area contributed by atoms with Gasteiger partial charge < -0.3 is 15.2 Å². The van der Waals surface area contributed by atoms with Crippen LogP contribution in [0, 0.1) is 10.8 Å². The monoisotopic (exact) mass is 347 g/mol. The molecule has 8 heteroatoms. The van der Waals surface area contributed by atoms with Crippen molar-refractivity contribution in [3.63, 3.8) is 0 Å². The second-order valence-electron chi connectivity index (χ2n) is 7.05. The molecule has 0 spiro atoms. The molecule has 3 saturated carbocycles. The Morgan fingerprint density at radius 1 is 1.12 bits per heavy atom. The number of aromatic carboxylic acids is 1. The van der Waals surface area contributed by atoms with E-state index in [4.69, 9.17) is 9.84 Å². The third-order valence-electron chi connectivity index (χ3n) is 5.76. The van der Waals surface area contributed by atoms with Gasteiger partial charge in [0, 0.05) is 12.6 Å². The van der Waals surface area contributed by atoms with Crippen molar-refractivity contribution in [2.75, 3.05) is 13.7 Å². The zero-order valence-electron chi connectivity index (χ0n) is 14.1. The number of amides is 1. The molecular weight excluding hydrogens is 326 g/mol. The number of esters is 1. The van der Waals surface area contributed by atoms with E-state index in [2.05, 4.69) is 15.3 Å². The Kier molecular flexibility index (Phi) is 4.45. The molecule has 0 atom stereocenters. The van der Waals surface area contributed by atoms with Crippen LogP contribution >= 0.6 is 0 Å². The normalized spacial score (nSPS) is 27.6. The average Bonchev–Trinajstić information content (AvgIpc) is 2.67. The van der Waals surface area contributed by atoms with Gasteiger partial charge in [0.05, 0.1) is 12.5 Å². The summed E-state index contributed by atoms with van der Waals surface area (Å²) in [7, 11) is 1.43. The number of aromatic nitrogens is 2. The number of carbonyl (C=O) groups is 3. The van der Waals surface area contributed by atoms with Crippen LogP contribution < -0.4 is 5.32 Å². The lowest BCUT2D eigenvalue weighted by atomic mass is 9.53. The van der Waals surface area contributed by atoms with Gasteiger partial charge in [0.25, 0.3) is 5.91 Å². The lowest BCUT2D eigenvalue weighted by Crippen LogP contribution is -2.50. The molecule has 0 saturated heterocycles. The minimum Gasteiger partial charge on any atom is -0.477 e. The van der Waals surface area contributed by atoms with Gasteiger partial charge in [0.15, 0.2) is 5.69 Å². The van der Waals surface area contributed by atoms with Crippen LogP contribution in [0.3, 0.4) is 0 Å². The number of nitrogens with zero attached hydrogens (tertiary/aromatic N) is 2. The highest BCUT2D eigenvalue weighted by Gasteiger charge is 2.52. The van der Waals surface area contributed by atoms with Gasteiger partial charge in [-0.3, -0.25) is 9.59 Å². The fourth-order valence-corrected chi connectivity index (χ4v) is 4.01. The molecule has 8 nitrogen and oxygen atoms in total. The van der Waals surface area contributed by atoms with Crippen molar-refractivity contribution in [1.82, 2.24) is 15.3 Å². The second-order valence-corrected chi connectivity index (χ2v) is 7.05. The number of fused-ring (bicyclic) bond motifs is 3. The quantitative estimate of drug-likeness (QED) is 0.773. The number of methoxy groups -OCH3 is 1. The molecule has 3 fully saturated rings. The molecule has 1 aromatic heterocycles. The fraction of sp³-hybridized carbons (Fsp3) is 0.588. The SMILES string of the molecule is COC(=O)C12CCC(CNC(=O)c3cc(C(=O)O)ncn3)(CC1)CC2. The van der Waals surface area contributed by atoms with E-state index in [9.17, 15) is 14.4 Å². The number of hydrogen-bond acceptors (Lipinski definition) is 6. The summed E-state index contributed by atoms with van der Waals surface area (Å²) in [5.41, 5.74) is -0.520. The summed E-state index contributed by atoms with van der Waals surface area (Å²) >= 11 is 0. The van der Waals surface area contributed by atoms with E-state index in [1.54, 1.807) is 0 Å². The molecule has 0 unspecified atom stereocenters. The van der Waals surface area contributed by atoms with Gasteiger partial charge in [-0.2, -0.15) is 0 Å². The smallest absolute Gasteiger partial charge is 0.354 e. The second kappa shape index (κ2) is 6.42. The first-order chi connectivity index (χ1) is 11.9. The van der Waals surface area contributed by atoms with Crippen LogP contribution in [-0.2, 0) is 9.53 Å². The van der Waals surface area contributed by atoms with Gasteiger partial charge in [0.1, 0.15) is 12.0 Å². The molecule has 3 aliphatic carbocycles. The van der Waals surface area contributed by atoms with Gasteiger partial charge in [-0.1, -0.05) is 0 Å². The molecule has 134 valence electrons. The Hall–Kier alpha value is -2.51. The number of hydrogen-bond donors (Lipinski definition) is 2. The molecule has 1 amide bonds. The fourth-order valence-electron chi connectivity index (χ4n) is 4.01. The van der Waals surface area contributed by atoms with Crippen LogP contribution in [0.15, 0.2) is 12.4 Å². The first-order valence-electron chi connectivity index (χ1n) is 8.32. The summed E-state index contributed by atoms with van der Waals surface area (Å²) < 4.78 is 4.96. The molecule has 25 heavy (non-hydrogen) atoms. The zero-order valence-corrected chi connectivity index (χ0v) is 14.1. The van der Waals surface area contributed by atoms with E-state index < -0.39 is 11.9 Å². The van der Waals surface area contributed by atoms with Gasteiger partial charge in [0.2, 0.25) is 0 Å². The number of rotatable bonds is 5. The summed E-state index contributed by atoms with van der Waals surface area (Å²) in [5.74, 6) is -1.73. The van der Waals surface area contributed by atoms with E-state index in [0.29, 0.717) is 6.54 Å². The topological polar surface area (TPSA) is 118 Å². The van der Waals surface area contributed by atoms with Gasteiger partial charge >= 0.3 is 11.9 Å². The third kappa shape index (κ3) is 3.20. The standard InChI is InChI=1S/C17H21N3O5/c1-25-15(24)17-5-2-16(3-6-17,4-7-17)9-18-13(21)11-8-12(14(22)23)20-10-19-11/h8,10H,2-7,9H2,1H3,(H,18,21)(H,22,23). The summed E-state index contributed by atoms with van der Waals surface area (Å²) in [4.78, 5) is 42.7. The van der Waals surface area contributed by atoms with E-state index >= 15 is 0 Å². The van der Waals surface area contributed by atoms with Crippen molar-refractivity contribution >= 4 is 17.8 Å². The lowest BCUT2D eigenvalue weighted by Gasteiger charge is -2.51. The van der Waals surface area contributed by atoms with Crippen molar-refractivity contribution in [1.29, 1.82) is 0 Å². The van der Waals surface area contributed by atoms with Gasteiger partial charge in [-0.05, 0) is 43.9 Å². The maximum absolute atomic E-state index is 12.3. The average molecular weight is 347 g/mol. The van der Waals surface area contributed by atoms with E-state index in [0.717, 1.165) is 44.9 Å². The number of ether oxygens (including phenoxy) is 1. The van der Waals surface area contributed by atoms with Crippen molar-refractivity contribution in [2.24, 2.45) is 10.8 Å². The van der Waals surface area contributed by atoms with Gasteiger partial charge in [-0.25, -0.2) is 14.8 Å². The number of carbonyl (C=O) groups excluding carboxylic acids is 2. The Balaban J connectivity index is 1.61. The van der Waals surface area contributed by atoms with Crippen molar-refractivity contribution in [3.8, 4) is 0 Å². The zero-order chi connectivity index (χ0) is 18.1. The van der Waals surface area contributed by atoms with E-state index in [1.165, 1.54) is 13.2 Å². The Labute approximate surface area is 145 Å². The predicted octanol–water partition coefficient (Wildman–Crippen LogP) is 1.42. The van der Waals surface area contributed by atoms with E-state index in [-0.39, 0.29) is 28.2 Å². The van der Waals surface area contributed by atoms with E-state index in [1.807, 2.05) is 0 Å². The minimum absolute atomic E-state index is 0.00586. The molecule has 3 aliphatic rings. The predicted molar refractivity (Wildman–Crippen MR) is 85.9 cm³/mol. The van der Waals surface area contributed by atoms with Crippen LogP contribution in [0.4, 0.5) is 0 Å². The summed E-state index contributed by atoms with van der Waals surface area (Å²) in [6.07, 6.45) is 6.03. The molecule has 2 bridgehead atoms. The third-order valence-corrected chi connectivity index (χ3v) is 5.76. The summed E-state index contributed by atoms with van der Waals surface area (Å²) in [5, 5.41) is 11.8. The molecule has 2 N–H and O–H groups in total. The largest absolute Gasteiger partial charge is 0.477 e. The Morgan fingerprint density at radius 3 is 2.28 bits per heavy atom. The van der Waals surface area contributed by atoms with Crippen LogP contribution in [0.5, 0.6) is 0 Å². The lowest BCUT2D eigenvalue weighted by molar-refractivity contribution is -0.162. The van der Waals surface area contributed by atoms with Crippen LogP contribution in [0.25, 0.3) is 0 Å². The van der Waals surface area contributed by atoms with Crippen LogP contribution in [0.2, 0.25) is 0 Å². The first-order valence-corrected chi connectivity index (χ1v) is 8.32. The molecule has 1 aromatic rings. The van der Waals surface area contributed by atoms with Crippen molar-refractivity contribution in [3.05, 3.63) is 23.8 Å². The summed E-state index contributed by atoms with van der Waals surface area (Å²) in [6, 6.07) is 1.17. The number of nitrogens with one attached hydrogen (secondary N) is 1. The molecule has 0 aromatic carbocycles. The molecule has 0 radical (unpaired) electrons.